The van der Waals surface area contributed by atoms with Gasteiger partial charge in [-0.1, -0.05) is 71.8 Å². The number of nitrogens with one attached hydrogen (secondary N) is 1. The molecule has 0 spiro atoms. The summed E-state index contributed by atoms with van der Waals surface area (Å²) in [6.07, 6.45) is 0. The molecule has 0 aliphatic rings. The van der Waals surface area contributed by atoms with Crippen LogP contribution in [0.25, 0.3) is 10.8 Å². The Morgan fingerprint density at radius 2 is 1.48 bits per heavy atom. The summed E-state index contributed by atoms with van der Waals surface area (Å²) in [6.45, 7) is 6.11. The smallest absolute Gasteiger partial charge is 0.0214 e. The zero-order valence-corrected chi connectivity index (χ0v) is 12.7. The van der Waals surface area contributed by atoms with Crippen LogP contribution in [0.5, 0.6) is 0 Å². The van der Waals surface area contributed by atoms with E-state index in [0.717, 1.165) is 13.1 Å². The molecule has 3 aromatic carbocycles. The molecule has 3 rings (SSSR count). The van der Waals surface area contributed by atoms with Crippen LogP contribution in [-0.4, -0.2) is 0 Å². The van der Waals surface area contributed by atoms with E-state index in [1.54, 1.807) is 0 Å². The molecule has 1 heteroatoms. The van der Waals surface area contributed by atoms with Gasteiger partial charge in [0.2, 0.25) is 0 Å². The molecule has 0 fully saturated rings. The van der Waals surface area contributed by atoms with E-state index in [1.165, 1.54) is 33.0 Å². The van der Waals surface area contributed by atoms with Crippen LogP contribution in [0.3, 0.4) is 0 Å². The fraction of sp³-hybridized carbons (Fsp3) is 0.200. The van der Waals surface area contributed by atoms with Gasteiger partial charge in [-0.15, -0.1) is 0 Å². The van der Waals surface area contributed by atoms with Crippen molar-refractivity contribution in [3.63, 3.8) is 0 Å². The molecule has 0 atom stereocenters. The van der Waals surface area contributed by atoms with E-state index >= 15 is 0 Å². The monoisotopic (exact) mass is 275 g/mol. The van der Waals surface area contributed by atoms with Gasteiger partial charge in [0.15, 0.2) is 0 Å². The minimum Gasteiger partial charge on any atom is -0.309 e. The Morgan fingerprint density at radius 3 is 2.29 bits per heavy atom. The standard InChI is InChI=1S/C20H21N/c1-15-10-16(2)12-17(11-15)13-21-14-19-8-5-7-18-6-3-4-9-20(18)19/h3-12,21H,13-14H2,1-2H3. The maximum Gasteiger partial charge on any atom is 0.0214 e. The first-order chi connectivity index (χ1) is 10.2. The van der Waals surface area contributed by atoms with Crippen molar-refractivity contribution >= 4 is 10.8 Å². The molecule has 0 heterocycles. The molecule has 0 bridgehead atoms. The van der Waals surface area contributed by atoms with E-state index in [-0.39, 0.29) is 0 Å². The zero-order chi connectivity index (χ0) is 14.7. The number of hydrogen-bond donors (Lipinski definition) is 1. The summed E-state index contributed by atoms with van der Waals surface area (Å²) in [5.74, 6) is 0. The Labute approximate surface area is 126 Å². The van der Waals surface area contributed by atoms with E-state index in [9.17, 15) is 0 Å². The molecule has 1 N–H and O–H groups in total. The summed E-state index contributed by atoms with van der Waals surface area (Å²) in [6, 6.07) is 21.8. The first kappa shape index (κ1) is 13.8. The lowest BCUT2D eigenvalue weighted by Crippen LogP contribution is -2.13. The number of rotatable bonds is 4. The molecule has 3 aromatic rings. The molecule has 106 valence electrons. The van der Waals surface area contributed by atoms with Crippen LogP contribution in [-0.2, 0) is 13.1 Å². The van der Waals surface area contributed by atoms with E-state index in [2.05, 4.69) is 79.8 Å². The number of fused-ring (bicyclic) bond motifs is 1. The first-order valence-corrected chi connectivity index (χ1v) is 7.47. The fourth-order valence-corrected chi connectivity index (χ4v) is 2.96. The van der Waals surface area contributed by atoms with Crippen molar-refractivity contribution < 1.29 is 0 Å². The first-order valence-electron chi connectivity index (χ1n) is 7.47. The second-order valence-corrected chi connectivity index (χ2v) is 5.74. The van der Waals surface area contributed by atoms with Crippen LogP contribution in [0, 0.1) is 13.8 Å². The lowest BCUT2D eigenvalue weighted by atomic mass is 10.0. The summed E-state index contributed by atoms with van der Waals surface area (Å²) < 4.78 is 0. The normalized spacial score (nSPS) is 11.0. The lowest BCUT2D eigenvalue weighted by molar-refractivity contribution is 0.696. The third-order valence-corrected chi connectivity index (χ3v) is 3.81. The van der Waals surface area contributed by atoms with Gasteiger partial charge in [-0.05, 0) is 35.7 Å². The predicted octanol–water partition coefficient (Wildman–Crippen LogP) is 4.75. The van der Waals surface area contributed by atoms with Crippen molar-refractivity contribution in [3.8, 4) is 0 Å². The highest BCUT2D eigenvalue weighted by Crippen LogP contribution is 2.18. The number of benzene rings is 3. The maximum atomic E-state index is 3.56. The summed E-state index contributed by atoms with van der Waals surface area (Å²) in [4.78, 5) is 0. The molecule has 0 amide bonds. The molecule has 21 heavy (non-hydrogen) atoms. The summed E-state index contributed by atoms with van der Waals surface area (Å²) in [5.41, 5.74) is 5.37. The molecule has 1 nitrogen and oxygen atoms in total. The Hall–Kier alpha value is -2.12. The Morgan fingerprint density at radius 1 is 0.762 bits per heavy atom. The molecule has 0 aromatic heterocycles. The van der Waals surface area contributed by atoms with E-state index in [0.29, 0.717) is 0 Å². The largest absolute Gasteiger partial charge is 0.309 e. The van der Waals surface area contributed by atoms with Gasteiger partial charge < -0.3 is 5.32 Å². The number of hydrogen-bond acceptors (Lipinski definition) is 1. The Kier molecular flexibility index (Phi) is 4.03. The highest BCUT2D eigenvalue weighted by molar-refractivity contribution is 5.85. The van der Waals surface area contributed by atoms with Gasteiger partial charge in [-0.2, -0.15) is 0 Å². The minimum atomic E-state index is 0.897. The van der Waals surface area contributed by atoms with Crippen molar-refractivity contribution in [1.82, 2.24) is 5.32 Å². The lowest BCUT2D eigenvalue weighted by Gasteiger charge is -2.09. The van der Waals surface area contributed by atoms with Crippen molar-refractivity contribution in [1.29, 1.82) is 0 Å². The van der Waals surface area contributed by atoms with Gasteiger partial charge in [-0.25, -0.2) is 0 Å². The SMILES string of the molecule is Cc1cc(C)cc(CNCc2cccc3ccccc23)c1. The highest BCUT2D eigenvalue weighted by Gasteiger charge is 2.00. The van der Waals surface area contributed by atoms with E-state index in [4.69, 9.17) is 0 Å². The predicted molar refractivity (Wildman–Crippen MR) is 90.4 cm³/mol. The molecule has 0 saturated carbocycles. The average Bonchev–Trinajstić information content (AvgIpc) is 2.46. The van der Waals surface area contributed by atoms with Crippen LogP contribution >= 0.6 is 0 Å². The zero-order valence-electron chi connectivity index (χ0n) is 12.7. The highest BCUT2D eigenvalue weighted by atomic mass is 14.8. The van der Waals surface area contributed by atoms with Crippen LogP contribution in [0.4, 0.5) is 0 Å². The maximum absolute atomic E-state index is 3.56. The van der Waals surface area contributed by atoms with E-state index < -0.39 is 0 Å². The third kappa shape index (κ3) is 3.32. The second-order valence-electron chi connectivity index (χ2n) is 5.74. The van der Waals surface area contributed by atoms with E-state index in [1.807, 2.05) is 0 Å². The van der Waals surface area contributed by atoms with Gasteiger partial charge in [0.25, 0.3) is 0 Å². The molecule has 0 saturated heterocycles. The molecular weight excluding hydrogens is 254 g/mol. The van der Waals surface area contributed by atoms with Gasteiger partial charge >= 0.3 is 0 Å². The Balaban J connectivity index is 1.72. The molecule has 0 aliphatic carbocycles. The van der Waals surface area contributed by atoms with Crippen LogP contribution in [0.15, 0.2) is 60.7 Å². The fourth-order valence-electron chi connectivity index (χ4n) is 2.96. The summed E-state index contributed by atoms with van der Waals surface area (Å²) in [7, 11) is 0. The van der Waals surface area contributed by atoms with Crippen molar-refractivity contribution in [2.75, 3.05) is 0 Å². The molecule has 0 unspecified atom stereocenters. The van der Waals surface area contributed by atoms with Gasteiger partial charge in [-0.3, -0.25) is 0 Å². The topological polar surface area (TPSA) is 12.0 Å². The van der Waals surface area contributed by atoms with Crippen LogP contribution in [0.1, 0.15) is 22.3 Å². The number of aryl methyl sites for hydroxylation is 2. The van der Waals surface area contributed by atoms with Crippen LogP contribution in [0.2, 0.25) is 0 Å². The quantitative estimate of drug-likeness (QED) is 0.724. The molecule has 0 aliphatic heterocycles. The van der Waals surface area contributed by atoms with Crippen molar-refractivity contribution in [3.05, 3.63) is 82.9 Å². The minimum absolute atomic E-state index is 0.897. The van der Waals surface area contributed by atoms with Gasteiger partial charge in [0.1, 0.15) is 0 Å². The van der Waals surface area contributed by atoms with Gasteiger partial charge in [0.05, 0.1) is 0 Å². The van der Waals surface area contributed by atoms with Crippen LogP contribution < -0.4 is 5.32 Å². The van der Waals surface area contributed by atoms with Crippen molar-refractivity contribution in [2.45, 2.75) is 26.9 Å². The average molecular weight is 275 g/mol. The second kappa shape index (κ2) is 6.11. The summed E-state index contributed by atoms with van der Waals surface area (Å²) in [5, 5.41) is 6.21. The molecule has 0 radical (unpaired) electrons. The van der Waals surface area contributed by atoms with Crippen molar-refractivity contribution in [2.24, 2.45) is 0 Å². The third-order valence-electron chi connectivity index (χ3n) is 3.81. The Bertz CT molecular complexity index is 733. The summed E-state index contributed by atoms with van der Waals surface area (Å²) >= 11 is 0. The molecular formula is C20H21N. The van der Waals surface area contributed by atoms with Gasteiger partial charge in [0, 0.05) is 13.1 Å².